The molecule has 140 valence electrons. The molecule has 2 aromatic carbocycles. The Balaban J connectivity index is 0.000000165. The predicted molar refractivity (Wildman–Crippen MR) is 110 cm³/mol. The van der Waals surface area contributed by atoms with Crippen molar-refractivity contribution in [3.05, 3.63) is 94.6 Å². The predicted octanol–water partition coefficient (Wildman–Crippen LogP) is 4.59. The molecular formula is C24H22N2O2. The number of aromatic carboxylic acids is 1. The van der Waals surface area contributed by atoms with Crippen LogP contribution in [-0.2, 0) is 25.7 Å². The first-order valence-electron chi connectivity index (χ1n) is 9.53. The molecule has 0 amide bonds. The van der Waals surface area contributed by atoms with Gasteiger partial charge < -0.3 is 5.11 Å². The van der Waals surface area contributed by atoms with Gasteiger partial charge in [0, 0.05) is 6.20 Å². The number of rotatable bonds is 1. The number of fused-ring (bicyclic) bond motifs is 5. The van der Waals surface area contributed by atoms with Gasteiger partial charge in [0.15, 0.2) is 5.69 Å². The standard InChI is InChI=1S/C18H16.C6H6N2O2/c1-3-7-15-13(5-1)9-11-18-16-8-4-2-6-14(16)10-12-17(15)18;1-4-7-3-2-5(8-4)6(9)10/h1-5,7,10,12H,6,8-9,11H2;2-3H,1H3,(H,9,10). The van der Waals surface area contributed by atoms with E-state index in [1.54, 1.807) is 18.1 Å². The summed E-state index contributed by atoms with van der Waals surface area (Å²) in [6.45, 7) is 1.65. The number of carbonyl (C=O) groups is 1. The van der Waals surface area contributed by atoms with Crippen molar-refractivity contribution in [3.63, 3.8) is 0 Å². The molecule has 1 N–H and O–H groups in total. The summed E-state index contributed by atoms with van der Waals surface area (Å²) < 4.78 is 0. The zero-order chi connectivity index (χ0) is 19.5. The Hall–Kier alpha value is -3.27. The minimum Gasteiger partial charge on any atom is -0.477 e. The van der Waals surface area contributed by atoms with E-state index in [2.05, 4.69) is 58.5 Å². The molecule has 0 bridgehead atoms. The zero-order valence-electron chi connectivity index (χ0n) is 15.9. The highest BCUT2D eigenvalue weighted by Gasteiger charge is 2.20. The molecular weight excluding hydrogens is 348 g/mol. The maximum Gasteiger partial charge on any atom is 0.354 e. The number of aryl methyl sites for hydroxylation is 2. The molecule has 1 aromatic heterocycles. The lowest BCUT2D eigenvalue weighted by Gasteiger charge is -2.25. The molecule has 0 unspecified atom stereocenters. The largest absolute Gasteiger partial charge is 0.477 e. The Kier molecular flexibility index (Phi) is 5.02. The van der Waals surface area contributed by atoms with Crippen molar-refractivity contribution >= 4 is 5.97 Å². The summed E-state index contributed by atoms with van der Waals surface area (Å²) in [5.41, 5.74) is 9.22. The van der Waals surface area contributed by atoms with E-state index in [-0.39, 0.29) is 5.69 Å². The molecule has 0 spiro atoms. The van der Waals surface area contributed by atoms with Crippen LogP contribution in [0, 0.1) is 6.92 Å². The van der Waals surface area contributed by atoms with E-state index in [4.69, 9.17) is 5.11 Å². The number of allylic oxidation sites excluding steroid dienone is 2. The van der Waals surface area contributed by atoms with Gasteiger partial charge in [0.25, 0.3) is 0 Å². The van der Waals surface area contributed by atoms with E-state index in [1.165, 1.54) is 47.4 Å². The lowest BCUT2D eigenvalue weighted by molar-refractivity contribution is 0.0690. The first-order valence-corrected chi connectivity index (χ1v) is 9.53. The molecule has 0 saturated carbocycles. The lowest BCUT2D eigenvalue weighted by Crippen LogP contribution is -2.10. The van der Waals surface area contributed by atoms with Crippen molar-refractivity contribution in [2.45, 2.75) is 32.6 Å². The van der Waals surface area contributed by atoms with Crippen molar-refractivity contribution in [1.82, 2.24) is 9.97 Å². The summed E-state index contributed by atoms with van der Waals surface area (Å²) in [4.78, 5) is 17.7. The van der Waals surface area contributed by atoms with Crippen LogP contribution in [-0.4, -0.2) is 21.0 Å². The fraction of sp³-hybridized carbons (Fsp3) is 0.208. The van der Waals surface area contributed by atoms with Crippen molar-refractivity contribution in [1.29, 1.82) is 0 Å². The molecule has 0 radical (unpaired) electrons. The fourth-order valence-corrected chi connectivity index (χ4v) is 3.97. The van der Waals surface area contributed by atoms with Gasteiger partial charge in [-0.3, -0.25) is 0 Å². The van der Waals surface area contributed by atoms with Crippen LogP contribution in [0.15, 0.2) is 60.8 Å². The average molecular weight is 370 g/mol. The average Bonchev–Trinajstić information content (AvgIpc) is 2.73. The Bertz CT molecular complexity index is 1070. The SMILES string of the molecule is C1=CCc2c(ccc3c2CCc2ccccc2-3)C1.Cc1nccc(C(=O)O)n1. The third kappa shape index (κ3) is 3.58. The van der Waals surface area contributed by atoms with Crippen molar-refractivity contribution in [2.75, 3.05) is 0 Å². The Morgan fingerprint density at radius 2 is 1.71 bits per heavy atom. The smallest absolute Gasteiger partial charge is 0.354 e. The van der Waals surface area contributed by atoms with Crippen molar-refractivity contribution in [3.8, 4) is 11.1 Å². The minimum absolute atomic E-state index is 0.0347. The van der Waals surface area contributed by atoms with Gasteiger partial charge in [-0.05, 0) is 72.1 Å². The highest BCUT2D eigenvalue weighted by molar-refractivity contribution is 5.85. The van der Waals surface area contributed by atoms with Gasteiger partial charge in [0.05, 0.1) is 0 Å². The number of carboxylic acid groups (broad SMARTS) is 1. The van der Waals surface area contributed by atoms with E-state index in [1.807, 2.05) is 0 Å². The molecule has 0 aliphatic heterocycles. The summed E-state index contributed by atoms with van der Waals surface area (Å²) in [6, 6.07) is 14.9. The van der Waals surface area contributed by atoms with Crippen LogP contribution in [0.1, 0.15) is 38.6 Å². The first kappa shape index (κ1) is 18.1. The number of nitrogens with zero attached hydrogens (tertiary/aromatic N) is 2. The third-order valence-electron chi connectivity index (χ3n) is 5.30. The molecule has 2 aliphatic rings. The maximum atomic E-state index is 10.3. The maximum absolute atomic E-state index is 10.3. The highest BCUT2D eigenvalue weighted by Crippen LogP contribution is 2.37. The molecule has 0 saturated heterocycles. The molecule has 4 nitrogen and oxygen atoms in total. The Morgan fingerprint density at radius 3 is 2.50 bits per heavy atom. The summed E-state index contributed by atoms with van der Waals surface area (Å²) >= 11 is 0. The summed E-state index contributed by atoms with van der Waals surface area (Å²) in [6.07, 6.45) is 10.7. The second-order valence-corrected chi connectivity index (χ2v) is 7.06. The van der Waals surface area contributed by atoms with Crippen LogP contribution in [0.3, 0.4) is 0 Å². The monoisotopic (exact) mass is 370 g/mol. The molecule has 0 fully saturated rings. The highest BCUT2D eigenvalue weighted by atomic mass is 16.4. The van der Waals surface area contributed by atoms with E-state index in [9.17, 15) is 4.79 Å². The molecule has 3 aromatic rings. The van der Waals surface area contributed by atoms with Gasteiger partial charge in [-0.25, -0.2) is 14.8 Å². The first-order chi connectivity index (χ1) is 13.6. The van der Waals surface area contributed by atoms with Gasteiger partial charge >= 0.3 is 5.97 Å². The van der Waals surface area contributed by atoms with Crippen LogP contribution >= 0.6 is 0 Å². The van der Waals surface area contributed by atoms with Crippen LogP contribution in [0.4, 0.5) is 0 Å². The van der Waals surface area contributed by atoms with Crippen LogP contribution < -0.4 is 0 Å². The number of benzene rings is 2. The van der Waals surface area contributed by atoms with Crippen molar-refractivity contribution in [2.24, 2.45) is 0 Å². The minimum atomic E-state index is -1.02. The third-order valence-corrected chi connectivity index (χ3v) is 5.30. The molecule has 2 aliphatic carbocycles. The molecule has 4 heteroatoms. The number of hydrogen-bond donors (Lipinski definition) is 1. The number of aromatic nitrogens is 2. The van der Waals surface area contributed by atoms with Crippen LogP contribution in [0.5, 0.6) is 0 Å². The van der Waals surface area contributed by atoms with Gasteiger partial charge in [-0.2, -0.15) is 0 Å². The van der Waals surface area contributed by atoms with Crippen molar-refractivity contribution < 1.29 is 9.90 Å². The molecule has 5 rings (SSSR count). The lowest BCUT2D eigenvalue weighted by atomic mass is 9.79. The molecule has 0 atom stereocenters. The quantitative estimate of drug-likeness (QED) is 0.637. The van der Waals surface area contributed by atoms with E-state index in [0.717, 1.165) is 12.8 Å². The zero-order valence-corrected chi connectivity index (χ0v) is 15.9. The van der Waals surface area contributed by atoms with Gasteiger partial charge in [-0.15, -0.1) is 0 Å². The van der Waals surface area contributed by atoms with E-state index < -0.39 is 5.97 Å². The van der Waals surface area contributed by atoms with Gasteiger partial charge in [0.2, 0.25) is 0 Å². The normalized spacial score (nSPS) is 13.5. The topological polar surface area (TPSA) is 63.1 Å². The van der Waals surface area contributed by atoms with Crippen LogP contribution in [0.25, 0.3) is 11.1 Å². The number of carboxylic acids is 1. The fourth-order valence-electron chi connectivity index (χ4n) is 3.97. The van der Waals surface area contributed by atoms with Crippen LogP contribution in [0.2, 0.25) is 0 Å². The second-order valence-electron chi connectivity index (χ2n) is 7.06. The van der Waals surface area contributed by atoms with E-state index in [0.29, 0.717) is 5.82 Å². The Labute approximate surface area is 164 Å². The number of hydrogen-bond acceptors (Lipinski definition) is 3. The van der Waals surface area contributed by atoms with Gasteiger partial charge in [-0.1, -0.05) is 48.6 Å². The molecule has 28 heavy (non-hydrogen) atoms. The molecule has 1 heterocycles. The summed E-state index contributed by atoms with van der Waals surface area (Å²) in [5, 5.41) is 8.42. The van der Waals surface area contributed by atoms with E-state index >= 15 is 0 Å². The Morgan fingerprint density at radius 1 is 0.893 bits per heavy atom. The summed E-state index contributed by atoms with van der Waals surface area (Å²) in [5.74, 6) is -0.551. The van der Waals surface area contributed by atoms with Gasteiger partial charge in [0.1, 0.15) is 5.82 Å². The second kappa shape index (κ2) is 7.77. The summed E-state index contributed by atoms with van der Waals surface area (Å²) in [7, 11) is 0.